The summed E-state index contributed by atoms with van der Waals surface area (Å²) in [4.78, 5) is 33.4. The molecule has 0 saturated heterocycles. The molecule has 1 heterocycles. The first-order valence-electron chi connectivity index (χ1n) is 4.98. The second-order valence-corrected chi connectivity index (χ2v) is 3.30. The van der Waals surface area contributed by atoms with Gasteiger partial charge in [0.2, 0.25) is 0 Å². The van der Waals surface area contributed by atoms with Crippen LogP contribution in [0, 0.1) is 6.92 Å². The van der Waals surface area contributed by atoms with Gasteiger partial charge in [-0.2, -0.15) is 0 Å². The molecular formula is C12H12O6. The number of esters is 1. The minimum atomic E-state index is -0.637. The maximum atomic E-state index is 11.5. The van der Waals surface area contributed by atoms with Gasteiger partial charge in [0.1, 0.15) is 11.5 Å². The molecule has 1 rings (SSSR count). The van der Waals surface area contributed by atoms with E-state index in [0.29, 0.717) is 6.29 Å². The maximum Gasteiger partial charge on any atom is 0.342 e. The molecule has 0 bridgehead atoms. The van der Waals surface area contributed by atoms with Crippen molar-refractivity contribution in [3.05, 3.63) is 33.4 Å². The first-order valence-corrected chi connectivity index (χ1v) is 4.98. The summed E-state index contributed by atoms with van der Waals surface area (Å²) in [5.41, 5.74) is -0.383. The second kappa shape index (κ2) is 5.81. The van der Waals surface area contributed by atoms with E-state index in [1.165, 1.54) is 27.2 Å². The largest absolute Gasteiger partial charge is 0.495 e. The van der Waals surface area contributed by atoms with E-state index in [1.807, 2.05) is 0 Å². The number of ether oxygens (including phenoxy) is 2. The highest BCUT2D eigenvalue weighted by Gasteiger charge is 2.16. The van der Waals surface area contributed by atoms with Gasteiger partial charge in [0.05, 0.1) is 25.3 Å². The summed E-state index contributed by atoms with van der Waals surface area (Å²) in [6, 6.07) is 0. The van der Waals surface area contributed by atoms with Crippen LogP contribution in [0.5, 0.6) is 5.75 Å². The molecule has 1 aromatic heterocycles. The molecule has 0 amide bonds. The van der Waals surface area contributed by atoms with Crippen LogP contribution in [0.3, 0.4) is 0 Å². The Morgan fingerprint density at radius 2 is 2.00 bits per heavy atom. The third kappa shape index (κ3) is 2.65. The average molecular weight is 252 g/mol. The van der Waals surface area contributed by atoms with Crippen LogP contribution in [0.2, 0.25) is 0 Å². The van der Waals surface area contributed by atoms with E-state index in [9.17, 15) is 14.4 Å². The zero-order chi connectivity index (χ0) is 13.7. The fraction of sp³-hybridized carbons (Fsp3) is 0.250. The predicted octanol–water partition coefficient (Wildman–Crippen LogP) is 0.956. The van der Waals surface area contributed by atoms with Crippen LogP contribution in [0.1, 0.15) is 21.7 Å². The zero-order valence-electron chi connectivity index (χ0n) is 10.2. The van der Waals surface area contributed by atoms with E-state index < -0.39 is 11.6 Å². The maximum absolute atomic E-state index is 11.5. The standard InChI is InChI=1S/C12H12O6/c1-7-11(17-3)8(6-13)9(18-12(7)15)4-5-10(14)16-2/h4-6H,1-3H3. The molecule has 6 nitrogen and oxygen atoms in total. The number of hydrogen-bond donors (Lipinski definition) is 0. The molecule has 0 radical (unpaired) electrons. The third-order valence-corrected chi connectivity index (χ3v) is 2.25. The van der Waals surface area contributed by atoms with Crippen LogP contribution in [-0.2, 0) is 9.53 Å². The van der Waals surface area contributed by atoms with Crippen molar-refractivity contribution in [2.24, 2.45) is 0 Å². The molecule has 0 atom stereocenters. The Labute approximate surface area is 103 Å². The number of methoxy groups -OCH3 is 2. The van der Waals surface area contributed by atoms with Crippen molar-refractivity contribution < 1.29 is 23.5 Å². The van der Waals surface area contributed by atoms with E-state index >= 15 is 0 Å². The molecule has 0 aromatic carbocycles. The van der Waals surface area contributed by atoms with Crippen LogP contribution in [0.15, 0.2) is 15.3 Å². The van der Waals surface area contributed by atoms with Gasteiger partial charge in [0, 0.05) is 6.08 Å². The van der Waals surface area contributed by atoms with Crippen molar-refractivity contribution in [3.8, 4) is 5.75 Å². The van der Waals surface area contributed by atoms with E-state index in [0.717, 1.165) is 6.08 Å². The molecule has 0 aliphatic heterocycles. The lowest BCUT2D eigenvalue weighted by Gasteiger charge is -2.07. The van der Waals surface area contributed by atoms with Gasteiger partial charge in [-0.1, -0.05) is 0 Å². The van der Waals surface area contributed by atoms with E-state index in [4.69, 9.17) is 9.15 Å². The van der Waals surface area contributed by atoms with Crippen LogP contribution >= 0.6 is 0 Å². The molecule has 0 fully saturated rings. The minimum Gasteiger partial charge on any atom is -0.495 e. The summed E-state index contributed by atoms with van der Waals surface area (Å²) in [6.07, 6.45) is 2.71. The predicted molar refractivity (Wildman–Crippen MR) is 62.7 cm³/mol. The highest BCUT2D eigenvalue weighted by atomic mass is 16.5. The van der Waals surface area contributed by atoms with Gasteiger partial charge in [-0.15, -0.1) is 0 Å². The molecule has 0 unspecified atom stereocenters. The molecular weight excluding hydrogens is 240 g/mol. The molecule has 96 valence electrons. The second-order valence-electron chi connectivity index (χ2n) is 3.30. The Kier molecular flexibility index (Phi) is 4.42. The van der Waals surface area contributed by atoms with E-state index in [1.54, 1.807) is 0 Å². The molecule has 18 heavy (non-hydrogen) atoms. The first kappa shape index (κ1) is 13.7. The third-order valence-electron chi connectivity index (χ3n) is 2.25. The topological polar surface area (TPSA) is 82.8 Å². The van der Waals surface area contributed by atoms with Crippen molar-refractivity contribution in [1.82, 2.24) is 0 Å². The lowest BCUT2D eigenvalue weighted by atomic mass is 10.1. The quantitative estimate of drug-likeness (QED) is 0.451. The zero-order valence-corrected chi connectivity index (χ0v) is 10.2. The van der Waals surface area contributed by atoms with Gasteiger partial charge in [0.25, 0.3) is 0 Å². The van der Waals surface area contributed by atoms with E-state index in [-0.39, 0.29) is 22.6 Å². The van der Waals surface area contributed by atoms with Crippen LogP contribution < -0.4 is 10.4 Å². The molecule has 0 aliphatic rings. The van der Waals surface area contributed by atoms with Gasteiger partial charge >= 0.3 is 11.6 Å². The van der Waals surface area contributed by atoms with Crippen molar-refractivity contribution in [3.63, 3.8) is 0 Å². The SMILES string of the molecule is COC(=O)C=Cc1oc(=O)c(C)c(OC)c1C=O. The molecule has 0 spiro atoms. The van der Waals surface area contributed by atoms with Crippen molar-refractivity contribution in [2.75, 3.05) is 14.2 Å². The normalized spacial score (nSPS) is 10.4. The highest BCUT2D eigenvalue weighted by molar-refractivity contribution is 5.90. The summed E-state index contributed by atoms with van der Waals surface area (Å²) in [7, 11) is 2.54. The van der Waals surface area contributed by atoms with E-state index in [2.05, 4.69) is 4.74 Å². The summed E-state index contributed by atoms with van der Waals surface area (Å²) in [5, 5.41) is 0. The number of hydrogen-bond acceptors (Lipinski definition) is 6. The molecule has 1 aromatic rings. The lowest BCUT2D eigenvalue weighted by Crippen LogP contribution is -2.10. The summed E-state index contributed by atoms with van der Waals surface area (Å²) in [5.74, 6) is -0.553. The molecule has 0 aliphatic carbocycles. The van der Waals surface area contributed by atoms with Crippen molar-refractivity contribution in [1.29, 1.82) is 0 Å². The van der Waals surface area contributed by atoms with Gasteiger partial charge in [-0.25, -0.2) is 9.59 Å². The van der Waals surface area contributed by atoms with Crippen molar-refractivity contribution >= 4 is 18.3 Å². The summed E-state index contributed by atoms with van der Waals surface area (Å²) in [6.45, 7) is 1.48. The number of carbonyl (C=O) groups is 2. The fourth-order valence-electron chi connectivity index (χ4n) is 1.35. The Bertz CT molecular complexity index is 552. The fourth-order valence-corrected chi connectivity index (χ4v) is 1.35. The molecule has 6 heteroatoms. The van der Waals surface area contributed by atoms with Crippen molar-refractivity contribution in [2.45, 2.75) is 6.92 Å². The Morgan fingerprint density at radius 3 is 2.50 bits per heavy atom. The van der Waals surface area contributed by atoms with Crippen LogP contribution in [0.25, 0.3) is 6.08 Å². The summed E-state index contributed by atoms with van der Waals surface area (Å²) >= 11 is 0. The van der Waals surface area contributed by atoms with Gasteiger partial charge in [-0.3, -0.25) is 4.79 Å². The number of rotatable bonds is 4. The Hall–Kier alpha value is -2.37. The van der Waals surface area contributed by atoms with Gasteiger partial charge < -0.3 is 13.9 Å². The molecule has 0 N–H and O–H groups in total. The smallest absolute Gasteiger partial charge is 0.342 e. The Morgan fingerprint density at radius 1 is 1.33 bits per heavy atom. The van der Waals surface area contributed by atoms with Gasteiger partial charge in [-0.05, 0) is 13.0 Å². The highest BCUT2D eigenvalue weighted by Crippen LogP contribution is 2.23. The lowest BCUT2D eigenvalue weighted by molar-refractivity contribution is -0.134. The first-order chi connectivity index (χ1) is 8.54. The van der Waals surface area contributed by atoms with Crippen LogP contribution in [0.4, 0.5) is 0 Å². The summed E-state index contributed by atoms with van der Waals surface area (Å²) < 4.78 is 14.3. The Balaban J connectivity index is 3.40. The van der Waals surface area contributed by atoms with Crippen LogP contribution in [-0.4, -0.2) is 26.5 Å². The van der Waals surface area contributed by atoms with Gasteiger partial charge in [0.15, 0.2) is 6.29 Å². The number of aldehydes is 1. The number of carbonyl (C=O) groups excluding carboxylic acids is 2. The monoisotopic (exact) mass is 252 g/mol. The average Bonchev–Trinajstić information content (AvgIpc) is 2.38. The minimum absolute atomic E-state index is 0.0529. The molecule has 0 saturated carbocycles.